The van der Waals surface area contributed by atoms with Crippen LogP contribution in [0.2, 0.25) is 0 Å². The van der Waals surface area contributed by atoms with Crippen LogP contribution >= 0.6 is 0 Å². The van der Waals surface area contributed by atoms with E-state index in [9.17, 15) is 9.90 Å². The first kappa shape index (κ1) is 21.7. The minimum absolute atomic E-state index is 0.0926. The van der Waals surface area contributed by atoms with Crippen LogP contribution in [0, 0.1) is 5.92 Å². The standard InChI is InChI=1S/C18H29N5O3.CH2O2/c1-17(21-15(24)14-2-3-14)6-11-26-18(16(17)25)4-7-22(8-5-18)9-10-23-12-19-20-13-23;2-1-3/h12-14,16,25H,2-11H2,1H3,(H,21,24);1H,(H,2,3)/t16-,17+;/m1./s1. The van der Waals surface area contributed by atoms with Gasteiger partial charge in [-0.2, -0.15) is 0 Å². The number of rotatable bonds is 5. The van der Waals surface area contributed by atoms with E-state index in [0.717, 1.165) is 51.9 Å². The fraction of sp³-hybridized carbons (Fsp3) is 0.789. The van der Waals surface area contributed by atoms with Crippen LogP contribution in [0.5, 0.6) is 0 Å². The predicted octanol–water partition coefficient (Wildman–Crippen LogP) is -0.120. The molecular weight excluding hydrogens is 378 g/mol. The van der Waals surface area contributed by atoms with Crippen molar-refractivity contribution in [2.24, 2.45) is 5.92 Å². The molecule has 2 atom stereocenters. The fourth-order valence-electron chi connectivity index (χ4n) is 4.29. The Labute approximate surface area is 170 Å². The van der Waals surface area contributed by atoms with Gasteiger partial charge in [-0.25, -0.2) is 0 Å². The first-order valence-corrected chi connectivity index (χ1v) is 10.2. The number of nitrogens with one attached hydrogen (secondary N) is 1. The van der Waals surface area contributed by atoms with E-state index in [1.54, 1.807) is 12.7 Å². The average molecular weight is 409 g/mol. The van der Waals surface area contributed by atoms with Crippen LogP contribution in [-0.2, 0) is 20.9 Å². The Hall–Kier alpha value is -2.04. The number of carbonyl (C=O) groups is 2. The summed E-state index contributed by atoms with van der Waals surface area (Å²) in [5.74, 6) is 0.243. The van der Waals surface area contributed by atoms with Crippen molar-refractivity contribution in [1.82, 2.24) is 25.0 Å². The Balaban J connectivity index is 0.000000755. The SMILES string of the molecule is C[C@]1(NC(=O)C2CC2)CCOC2(CCN(CCn3cnnc3)CC2)[C@@H]1O.O=CO. The highest BCUT2D eigenvalue weighted by atomic mass is 16.5. The number of nitrogens with zero attached hydrogens (tertiary/aromatic N) is 4. The van der Waals surface area contributed by atoms with Crippen molar-refractivity contribution in [2.45, 2.75) is 62.8 Å². The molecule has 3 fully saturated rings. The van der Waals surface area contributed by atoms with Crippen molar-refractivity contribution in [3.63, 3.8) is 0 Å². The minimum Gasteiger partial charge on any atom is -0.483 e. The molecule has 2 saturated heterocycles. The highest BCUT2D eigenvalue weighted by molar-refractivity contribution is 5.81. The van der Waals surface area contributed by atoms with Crippen molar-refractivity contribution in [2.75, 3.05) is 26.2 Å². The molecule has 4 rings (SSSR count). The summed E-state index contributed by atoms with van der Waals surface area (Å²) < 4.78 is 8.09. The fourth-order valence-corrected chi connectivity index (χ4v) is 4.29. The monoisotopic (exact) mass is 409 g/mol. The second-order valence-electron chi connectivity index (χ2n) is 8.39. The third-order valence-electron chi connectivity index (χ3n) is 6.31. The van der Waals surface area contributed by atoms with Crippen LogP contribution in [0.3, 0.4) is 0 Å². The lowest BCUT2D eigenvalue weighted by molar-refractivity contribution is -0.208. The highest BCUT2D eigenvalue weighted by Crippen LogP contribution is 2.40. The topological polar surface area (TPSA) is 130 Å². The lowest BCUT2D eigenvalue weighted by Crippen LogP contribution is -2.69. The number of hydrogen-bond donors (Lipinski definition) is 3. The zero-order valence-electron chi connectivity index (χ0n) is 16.9. The van der Waals surface area contributed by atoms with E-state index in [2.05, 4.69) is 20.4 Å². The second-order valence-corrected chi connectivity index (χ2v) is 8.39. The molecule has 1 aromatic heterocycles. The molecule has 0 bridgehead atoms. The van der Waals surface area contributed by atoms with E-state index in [1.165, 1.54) is 0 Å². The quantitative estimate of drug-likeness (QED) is 0.574. The molecule has 29 heavy (non-hydrogen) atoms. The van der Waals surface area contributed by atoms with Crippen LogP contribution < -0.4 is 5.32 Å². The lowest BCUT2D eigenvalue weighted by atomic mass is 9.73. The first-order chi connectivity index (χ1) is 13.9. The number of amides is 1. The zero-order chi connectivity index (χ0) is 20.9. The Bertz CT molecular complexity index is 673. The van der Waals surface area contributed by atoms with Crippen molar-refractivity contribution >= 4 is 12.4 Å². The van der Waals surface area contributed by atoms with Gasteiger partial charge in [0, 0.05) is 38.7 Å². The summed E-state index contributed by atoms with van der Waals surface area (Å²) in [4.78, 5) is 23.0. The summed E-state index contributed by atoms with van der Waals surface area (Å²) in [5, 5.41) is 28.8. The van der Waals surface area contributed by atoms with E-state index < -0.39 is 17.2 Å². The summed E-state index contributed by atoms with van der Waals surface area (Å²) in [7, 11) is 0. The van der Waals surface area contributed by atoms with Gasteiger partial charge in [0.25, 0.3) is 6.47 Å². The van der Waals surface area contributed by atoms with Gasteiger partial charge in [0.15, 0.2) is 0 Å². The smallest absolute Gasteiger partial charge is 0.290 e. The number of aromatic nitrogens is 3. The molecule has 1 spiro atoms. The number of ether oxygens (including phenoxy) is 1. The molecule has 0 unspecified atom stereocenters. The van der Waals surface area contributed by atoms with Gasteiger partial charge in [-0.15, -0.1) is 10.2 Å². The Morgan fingerprint density at radius 3 is 2.45 bits per heavy atom. The predicted molar refractivity (Wildman–Crippen MR) is 103 cm³/mol. The van der Waals surface area contributed by atoms with Gasteiger partial charge in [-0.3, -0.25) is 9.59 Å². The van der Waals surface area contributed by atoms with E-state index >= 15 is 0 Å². The Kier molecular flexibility index (Phi) is 6.86. The van der Waals surface area contributed by atoms with Gasteiger partial charge in [0.2, 0.25) is 5.91 Å². The van der Waals surface area contributed by atoms with Crippen LogP contribution in [0.1, 0.15) is 39.0 Å². The Morgan fingerprint density at radius 1 is 1.24 bits per heavy atom. The van der Waals surface area contributed by atoms with E-state index in [0.29, 0.717) is 13.0 Å². The number of piperidine rings is 1. The average Bonchev–Trinajstić information content (AvgIpc) is 3.43. The van der Waals surface area contributed by atoms with Gasteiger partial charge >= 0.3 is 0 Å². The van der Waals surface area contributed by atoms with Crippen molar-refractivity contribution < 1.29 is 24.5 Å². The van der Waals surface area contributed by atoms with Crippen LogP contribution in [0.25, 0.3) is 0 Å². The molecule has 1 aromatic rings. The number of hydrogen-bond acceptors (Lipinski definition) is 7. The summed E-state index contributed by atoms with van der Waals surface area (Å²) in [6.07, 6.45) is 6.96. The van der Waals surface area contributed by atoms with Crippen LogP contribution in [0.4, 0.5) is 0 Å². The summed E-state index contributed by atoms with van der Waals surface area (Å²) in [6.45, 7) is 5.86. The van der Waals surface area contributed by atoms with E-state index in [1.807, 2.05) is 11.5 Å². The number of aliphatic hydroxyl groups excluding tert-OH is 1. The maximum atomic E-state index is 12.3. The van der Waals surface area contributed by atoms with E-state index in [4.69, 9.17) is 14.6 Å². The minimum atomic E-state index is -0.675. The molecule has 2 aliphatic heterocycles. The molecule has 3 heterocycles. The van der Waals surface area contributed by atoms with E-state index in [-0.39, 0.29) is 18.3 Å². The molecule has 3 N–H and O–H groups in total. The van der Waals surface area contributed by atoms with Gasteiger partial charge < -0.3 is 29.7 Å². The molecular formula is C19H31N5O5. The summed E-state index contributed by atoms with van der Waals surface area (Å²) in [5.41, 5.74) is -1.14. The number of aliphatic hydroxyl groups is 1. The second kappa shape index (κ2) is 9.19. The molecule has 10 nitrogen and oxygen atoms in total. The van der Waals surface area contributed by atoms with Crippen LogP contribution in [-0.4, -0.2) is 85.7 Å². The lowest BCUT2D eigenvalue weighted by Gasteiger charge is -2.53. The molecule has 0 aromatic carbocycles. The zero-order valence-corrected chi connectivity index (χ0v) is 16.9. The number of carboxylic acid groups (broad SMARTS) is 1. The molecule has 3 aliphatic rings. The maximum Gasteiger partial charge on any atom is 0.290 e. The maximum absolute atomic E-state index is 12.3. The van der Waals surface area contributed by atoms with Gasteiger partial charge in [0.1, 0.15) is 18.8 Å². The van der Waals surface area contributed by atoms with Gasteiger partial charge in [-0.1, -0.05) is 0 Å². The summed E-state index contributed by atoms with van der Waals surface area (Å²) >= 11 is 0. The van der Waals surface area contributed by atoms with Gasteiger partial charge in [0.05, 0.1) is 11.1 Å². The van der Waals surface area contributed by atoms with Crippen LogP contribution in [0.15, 0.2) is 12.7 Å². The molecule has 0 radical (unpaired) electrons. The van der Waals surface area contributed by atoms with Crippen molar-refractivity contribution in [3.8, 4) is 0 Å². The summed E-state index contributed by atoms with van der Waals surface area (Å²) in [6, 6.07) is 0. The number of carbonyl (C=O) groups excluding carboxylic acids is 1. The molecule has 10 heteroatoms. The molecule has 1 saturated carbocycles. The van der Waals surface area contributed by atoms with Gasteiger partial charge in [-0.05, 0) is 39.0 Å². The third-order valence-corrected chi connectivity index (χ3v) is 6.31. The number of likely N-dealkylation sites (tertiary alicyclic amines) is 1. The highest BCUT2D eigenvalue weighted by Gasteiger charge is 2.54. The van der Waals surface area contributed by atoms with Crippen molar-refractivity contribution in [1.29, 1.82) is 0 Å². The normalized spacial score (nSPS) is 29.0. The molecule has 1 aliphatic carbocycles. The first-order valence-electron chi connectivity index (χ1n) is 10.2. The third kappa shape index (κ3) is 5.12. The molecule has 162 valence electrons. The van der Waals surface area contributed by atoms with Crippen molar-refractivity contribution in [3.05, 3.63) is 12.7 Å². The molecule has 1 amide bonds. The largest absolute Gasteiger partial charge is 0.483 e. The Morgan fingerprint density at radius 2 is 1.86 bits per heavy atom.